The van der Waals surface area contributed by atoms with Crippen LogP contribution in [0.5, 0.6) is 5.75 Å². The van der Waals surface area contributed by atoms with Crippen molar-refractivity contribution < 1.29 is 37.1 Å². The van der Waals surface area contributed by atoms with Crippen molar-refractivity contribution in [1.29, 1.82) is 0 Å². The number of nitrogens with one attached hydrogen (secondary N) is 2. The fourth-order valence-electron chi connectivity index (χ4n) is 3.68. The lowest BCUT2D eigenvalue weighted by Gasteiger charge is -2.11. The summed E-state index contributed by atoms with van der Waals surface area (Å²) < 4.78 is 40.9. The third-order valence-corrected chi connectivity index (χ3v) is 6.43. The zero-order valence-electron chi connectivity index (χ0n) is 21.7. The fourth-order valence-corrected chi connectivity index (χ4v) is 4.47. The van der Waals surface area contributed by atoms with E-state index in [1.54, 1.807) is 6.08 Å². The molecule has 0 saturated carbocycles. The summed E-state index contributed by atoms with van der Waals surface area (Å²) in [5.74, 6) is -2.21. The Labute approximate surface area is 236 Å². The van der Waals surface area contributed by atoms with Gasteiger partial charge >= 0.3 is 6.36 Å². The van der Waals surface area contributed by atoms with Gasteiger partial charge in [-0.1, -0.05) is 23.5 Å². The molecule has 12 nitrogen and oxygen atoms in total. The molecule has 1 aromatic heterocycles. The second-order valence-electron chi connectivity index (χ2n) is 8.91. The Bertz CT molecular complexity index is 1330. The summed E-state index contributed by atoms with van der Waals surface area (Å²) in [5, 5.41) is 13.9. The molecule has 0 spiro atoms. The first-order chi connectivity index (χ1) is 19.4. The molecular weight excluding hydrogens is 567 g/mol. The molecule has 0 bridgehead atoms. The van der Waals surface area contributed by atoms with Gasteiger partial charge in [0.25, 0.3) is 0 Å². The normalized spacial score (nSPS) is 14.4. The highest BCUT2D eigenvalue weighted by molar-refractivity contribution is 7.15. The number of unbranched alkanes of at least 4 members (excludes halogenated alkanes) is 1. The number of aryl methyl sites for hydroxylation is 1. The third-order valence-electron chi connectivity index (χ3n) is 5.53. The summed E-state index contributed by atoms with van der Waals surface area (Å²) in [6.07, 6.45) is 0.694. The zero-order valence-corrected chi connectivity index (χ0v) is 22.5. The van der Waals surface area contributed by atoms with Crippen LogP contribution in [0, 0.1) is 0 Å². The Kier molecular flexibility index (Phi) is 10.8. The molecule has 1 fully saturated rings. The van der Waals surface area contributed by atoms with E-state index in [-0.39, 0.29) is 48.6 Å². The SMILES string of the molecule is N/C(=C\C=C(/N)NC(=O)Cc1cccc(OC(F)(F)F)c1)CCCCc1nnc(NC(=O)CN2C(=O)CCC2=O)s1. The summed E-state index contributed by atoms with van der Waals surface area (Å²) in [4.78, 5) is 48.4. The lowest BCUT2D eigenvalue weighted by Crippen LogP contribution is -2.36. The molecule has 4 amide bonds. The van der Waals surface area contributed by atoms with Gasteiger partial charge in [-0.15, -0.1) is 23.4 Å². The van der Waals surface area contributed by atoms with E-state index < -0.39 is 23.9 Å². The second-order valence-corrected chi connectivity index (χ2v) is 9.98. The van der Waals surface area contributed by atoms with Gasteiger partial charge in [0, 0.05) is 25.0 Å². The highest BCUT2D eigenvalue weighted by Crippen LogP contribution is 2.23. The summed E-state index contributed by atoms with van der Waals surface area (Å²) >= 11 is 1.19. The summed E-state index contributed by atoms with van der Waals surface area (Å²) in [6, 6.07) is 5.08. The van der Waals surface area contributed by atoms with E-state index in [0.29, 0.717) is 35.5 Å². The van der Waals surface area contributed by atoms with E-state index in [1.165, 1.54) is 29.5 Å². The Morgan fingerprint density at radius 3 is 2.51 bits per heavy atom. The van der Waals surface area contributed by atoms with Gasteiger partial charge in [-0.2, -0.15) is 0 Å². The smallest absolute Gasteiger partial charge is 0.406 e. The van der Waals surface area contributed by atoms with Crippen molar-refractivity contribution in [2.45, 2.75) is 51.3 Å². The van der Waals surface area contributed by atoms with Crippen LogP contribution in [0.4, 0.5) is 18.3 Å². The first kappa shape index (κ1) is 31.1. The number of imide groups is 1. The highest BCUT2D eigenvalue weighted by Gasteiger charge is 2.31. The number of alkyl halides is 3. The van der Waals surface area contributed by atoms with E-state index in [0.717, 1.165) is 23.5 Å². The van der Waals surface area contributed by atoms with Crippen molar-refractivity contribution in [3.8, 4) is 5.75 Å². The third kappa shape index (κ3) is 10.9. The van der Waals surface area contributed by atoms with Crippen molar-refractivity contribution >= 4 is 40.1 Å². The predicted octanol–water partition coefficient (Wildman–Crippen LogP) is 2.24. The van der Waals surface area contributed by atoms with Gasteiger partial charge < -0.3 is 21.5 Å². The van der Waals surface area contributed by atoms with Gasteiger partial charge in [0.2, 0.25) is 28.8 Å². The molecular formula is C25H28F3N7O5S. The molecule has 0 unspecified atom stereocenters. The lowest BCUT2D eigenvalue weighted by atomic mass is 10.1. The van der Waals surface area contributed by atoms with Crippen LogP contribution in [0.25, 0.3) is 0 Å². The van der Waals surface area contributed by atoms with Crippen LogP contribution >= 0.6 is 11.3 Å². The van der Waals surface area contributed by atoms with E-state index >= 15 is 0 Å². The average Bonchev–Trinajstić information content (AvgIpc) is 3.45. The van der Waals surface area contributed by atoms with Crippen molar-refractivity contribution in [2.75, 3.05) is 11.9 Å². The minimum Gasteiger partial charge on any atom is -0.406 e. The van der Waals surface area contributed by atoms with E-state index in [4.69, 9.17) is 11.5 Å². The van der Waals surface area contributed by atoms with Crippen molar-refractivity contribution in [2.24, 2.45) is 11.5 Å². The first-order valence-electron chi connectivity index (χ1n) is 12.4. The maximum Gasteiger partial charge on any atom is 0.573 e. The van der Waals surface area contributed by atoms with Crippen LogP contribution in [0.15, 0.2) is 47.9 Å². The molecule has 220 valence electrons. The van der Waals surface area contributed by atoms with Crippen LogP contribution < -0.4 is 26.8 Å². The highest BCUT2D eigenvalue weighted by atomic mass is 32.1. The Hall–Kier alpha value is -4.47. The Balaban J connectivity index is 1.35. The standard InChI is InChI=1S/C25H28F3N7O5S/c26-25(27,28)40-17-6-3-4-15(12-17)13-19(36)31-18(30)9-8-16(29)5-1-2-7-21-33-34-24(41-21)32-20(37)14-35-22(38)10-11-23(35)39/h3-4,6,8-9,12H,1-2,5,7,10-11,13-14,29-30H2,(H,31,36)(H,32,34,37)/b16-8-,18-9+. The fraction of sp³-hybridized carbons (Fsp3) is 0.360. The van der Waals surface area contributed by atoms with Crippen LogP contribution in [0.1, 0.15) is 42.7 Å². The molecule has 0 radical (unpaired) electrons. The lowest BCUT2D eigenvalue weighted by molar-refractivity contribution is -0.274. The molecule has 0 atom stereocenters. The van der Waals surface area contributed by atoms with Crippen LogP contribution in [-0.4, -0.2) is 51.6 Å². The van der Waals surface area contributed by atoms with Crippen molar-refractivity contribution in [3.63, 3.8) is 0 Å². The number of amides is 4. The second kappa shape index (κ2) is 14.2. The molecule has 3 rings (SSSR count). The molecule has 1 aliphatic rings. The molecule has 1 aromatic carbocycles. The number of aromatic nitrogens is 2. The van der Waals surface area contributed by atoms with Gasteiger partial charge in [-0.25, -0.2) is 0 Å². The van der Waals surface area contributed by atoms with Crippen molar-refractivity contribution in [1.82, 2.24) is 20.4 Å². The largest absolute Gasteiger partial charge is 0.573 e. The van der Waals surface area contributed by atoms with Gasteiger partial charge in [0.15, 0.2) is 0 Å². The molecule has 0 aliphatic carbocycles. The molecule has 1 aliphatic heterocycles. The molecule has 41 heavy (non-hydrogen) atoms. The van der Waals surface area contributed by atoms with E-state index in [2.05, 4.69) is 25.6 Å². The number of anilines is 1. The number of hydrogen-bond acceptors (Lipinski definition) is 10. The number of likely N-dealkylation sites (tertiary alicyclic amines) is 1. The topological polar surface area (TPSA) is 183 Å². The number of halogens is 3. The molecule has 2 heterocycles. The van der Waals surface area contributed by atoms with Crippen LogP contribution in [0.3, 0.4) is 0 Å². The Morgan fingerprint density at radius 1 is 1.07 bits per heavy atom. The maximum absolute atomic E-state index is 12.4. The number of carbonyl (C=O) groups excluding carboxylic acids is 4. The van der Waals surface area contributed by atoms with E-state index in [9.17, 15) is 32.3 Å². The number of ether oxygens (including phenoxy) is 1. The minimum atomic E-state index is -4.83. The van der Waals surface area contributed by atoms with Crippen LogP contribution in [0.2, 0.25) is 0 Å². The van der Waals surface area contributed by atoms with Gasteiger partial charge in [-0.05, 0) is 49.1 Å². The number of hydrogen-bond donors (Lipinski definition) is 4. The summed E-state index contributed by atoms with van der Waals surface area (Å²) in [7, 11) is 0. The number of benzene rings is 1. The first-order valence-corrected chi connectivity index (χ1v) is 13.2. The predicted molar refractivity (Wildman–Crippen MR) is 142 cm³/mol. The molecule has 2 aromatic rings. The average molecular weight is 596 g/mol. The molecule has 6 N–H and O–H groups in total. The van der Waals surface area contributed by atoms with Gasteiger partial charge in [-0.3, -0.25) is 29.4 Å². The minimum absolute atomic E-state index is 0.0162. The number of allylic oxidation sites excluding steroid dienone is 3. The summed E-state index contributed by atoms with van der Waals surface area (Å²) in [6.45, 7) is -0.352. The molecule has 16 heteroatoms. The number of rotatable bonds is 13. The van der Waals surface area contributed by atoms with E-state index in [1.807, 2.05) is 0 Å². The maximum atomic E-state index is 12.4. The van der Waals surface area contributed by atoms with Gasteiger partial charge in [0.1, 0.15) is 23.1 Å². The van der Waals surface area contributed by atoms with Crippen molar-refractivity contribution in [3.05, 3.63) is 58.5 Å². The molecule has 1 saturated heterocycles. The number of carbonyl (C=O) groups is 4. The van der Waals surface area contributed by atoms with Crippen LogP contribution in [-0.2, 0) is 32.0 Å². The number of nitrogens with two attached hydrogens (primary N) is 2. The number of nitrogens with zero attached hydrogens (tertiary/aromatic N) is 3. The Morgan fingerprint density at radius 2 is 1.80 bits per heavy atom. The summed E-state index contributed by atoms with van der Waals surface area (Å²) in [5.41, 5.74) is 12.6. The van der Waals surface area contributed by atoms with Gasteiger partial charge in [0.05, 0.1) is 6.42 Å². The monoisotopic (exact) mass is 595 g/mol. The quantitative estimate of drug-likeness (QED) is 0.153. The zero-order chi connectivity index (χ0) is 30.0.